The molecule has 3 aromatic rings. The van der Waals surface area contributed by atoms with E-state index in [-0.39, 0.29) is 29.4 Å². The molecule has 154 valence electrons. The monoisotopic (exact) mass is 405 g/mol. The number of carbonyl (C=O) groups is 1. The minimum absolute atomic E-state index is 0.0456. The van der Waals surface area contributed by atoms with Crippen LogP contribution in [-0.4, -0.2) is 16.1 Å². The van der Waals surface area contributed by atoms with Crippen molar-refractivity contribution in [1.82, 2.24) is 0 Å². The number of rotatable bonds is 6. The lowest BCUT2D eigenvalue weighted by atomic mass is 9.78. The lowest BCUT2D eigenvalue weighted by Crippen LogP contribution is -2.55. The summed E-state index contributed by atoms with van der Waals surface area (Å²) in [5.74, 6) is -0.537. The predicted molar refractivity (Wildman–Crippen MR) is 114 cm³/mol. The lowest BCUT2D eigenvalue weighted by Gasteiger charge is -2.48. The maximum Gasteiger partial charge on any atom is 0.233 e. The van der Waals surface area contributed by atoms with Crippen molar-refractivity contribution in [2.24, 2.45) is 5.92 Å². The van der Waals surface area contributed by atoms with Gasteiger partial charge in [-0.2, -0.15) is 0 Å². The fourth-order valence-corrected chi connectivity index (χ4v) is 4.07. The first-order valence-electron chi connectivity index (χ1n) is 10.1. The number of phenols is 1. The summed E-state index contributed by atoms with van der Waals surface area (Å²) in [6, 6.07) is 20.2. The summed E-state index contributed by atoms with van der Waals surface area (Å²) >= 11 is 0. The zero-order valence-electron chi connectivity index (χ0n) is 16.7. The van der Waals surface area contributed by atoms with Gasteiger partial charge in [-0.3, -0.25) is 4.79 Å². The number of hydrogen-bond acceptors (Lipinski definition) is 3. The average molecular weight is 405 g/mol. The third-order valence-corrected chi connectivity index (χ3v) is 5.77. The molecule has 1 unspecified atom stereocenters. The van der Waals surface area contributed by atoms with E-state index in [1.165, 1.54) is 12.1 Å². The van der Waals surface area contributed by atoms with Crippen LogP contribution in [0, 0.1) is 18.7 Å². The Bertz CT molecular complexity index is 1020. The Morgan fingerprint density at radius 2 is 1.60 bits per heavy atom. The summed E-state index contributed by atoms with van der Waals surface area (Å²) in [6.07, 6.45) is 0.348. The number of aliphatic hydroxyl groups is 1. The molecule has 5 heteroatoms. The Morgan fingerprint density at radius 1 is 0.967 bits per heavy atom. The van der Waals surface area contributed by atoms with Crippen molar-refractivity contribution in [3.63, 3.8) is 0 Å². The van der Waals surface area contributed by atoms with E-state index in [1.807, 2.05) is 31.2 Å². The van der Waals surface area contributed by atoms with Gasteiger partial charge in [0.15, 0.2) is 0 Å². The van der Waals surface area contributed by atoms with Gasteiger partial charge in [0.25, 0.3) is 0 Å². The fraction of sp³-hybridized carbons (Fsp3) is 0.240. The smallest absolute Gasteiger partial charge is 0.233 e. The molecular formula is C25H24FNO3. The molecule has 1 saturated heterocycles. The summed E-state index contributed by atoms with van der Waals surface area (Å²) in [4.78, 5) is 14.7. The zero-order chi connectivity index (χ0) is 21.3. The summed E-state index contributed by atoms with van der Waals surface area (Å²) in [5, 5.41) is 20.2. The highest BCUT2D eigenvalue weighted by Crippen LogP contribution is 2.46. The van der Waals surface area contributed by atoms with Gasteiger partial charge in [0.05, 0.1) is 18.1 Å². The number of aliphatic hydroxyl groups excluding tert-OH is 1. The summed E-state index contributed by atoms with van der Waals surface area (Å²) in [7, 11) is 0. The molecule has 2 N–H and O–H groups in total. The molecule has 0 aromatic heterocycles. The summed E-state index contributed by atoms with van der Waals surface area (Å²) < 4.78 is 13.3. The van der Waals surface area contributed by atoms with Gasteiger partial charge in [-0.25, -0.2) is 4.39 Å². The van der Waals surface area contributed by atoms with Crippen molar-refractivity contribution >= 4 is 11.6 Å². The number of hydrogen-bond donors (Lipinski definition) is 2. The number of phenolic OH excluding ortho intramolecular Hbond substituents is 1. The number of amides is 1. The number of anilines is 1. The quantitative estimate of drug-likeness (QED) is 0.564. The molecule has 30 heavy (non-hydrogen) atoms. The molecule has 1 aliphatic heterocycles. The first kappa shape index (κ1) is 20.1. The van der Waals surface area contributed by atoms with E-state index in [2.05, 4.69) is 0 Å². The molecule has 3 aromatic carbocycles. The molecule has 1 fully saturated rings. The molecule has 0 saturated carbocycles. The normalized spacial score (nSPS) is 19.4. The predicted octanol–water partition coefficient (Wildman–Crippen LogP) is 5.06. The van der Waals surface area contributed by atoms with Crippen molar-refractivity contribution in [3.8, 4) is 5.75 Å². The SMILES string of the molecule is Cc1ccc(C(O)CC[C@H]2C(=O)N(c3ccc(F)cc3)[C@@H]2c2ccc(O)cc2)cc1. The van der Waals surface area contributed by atoms with E-state index in [4.69, 9.17) is 0 Å². The Hall–Kier alpha value is -3.18. The van der Waals surface area contributed by atoms with Crippen molar-refractivity contribution in [2.75, 3.05) is 4.90 Å². The maximum atomic E-state index is 13.3. The van der Waals surface area contributed by atoms with Crippen LogP contribution in [0.25, 0.3) is 0 Å². The van der Waals surface area contributed by atoms with E-state index in [1.54, 1.807) is 41.3 Å². The number of aryl methyl sites for hydroxylation is 1. The van der Waals surface area contributed by atoms with E-state index in [0.29, 0.717) is 18.5 Å². The fourth-order valence-electron chi connectivity index (χ4n) is 4.07. The standard InChI is InChI=1S/C25H24FNO3/c1-16-2-4-17(5-3-16)23(29)15-14-22-24(18-6-12-21(28)13-7-18)27(25(22)30)20-10-8-19(26)9-11-20/h2-13,22-24,28-29H,14-15H2,1H3/t22-,23?,24-/m1/s1. The number of benzene rings is 3. The van der Waals surface area contributed by atoms with Crippen LogP contribution < -0.4 is 4.90 Å². The molecule has 4 nitrogen and oxygen atoms in total. The van der Waals surface area contributed by atoms with Crippen LogP contribution in [-0.2, 0) is 4.79 Å². The van der Waals surface area contributed by atoms with Crippen molar-refractivity contribution < 1.29 is 19.4 Å². The number of nitrogens with zero attached hydrogens (tertiary/aromatic N) is 1. The number of halogens is 1. The molecule has 1 heterocycles. The van der Waals surface area contributed by atoms with Gasteiger partial charge in [-0.15, -0.1) is 0 Å². The van der Waals surface area contributed by atoms with Gasteiger partial charge in [0, 0.05) is 5.69 Å². The van der Waals surface area contributed by atoms with Crippen molar-refractivity contribution in [3.05, 3.63) is 95.3 Å². The zero-order valence-corrected chi connectivity index (χ0v) is 16.7. The average Bonchev–Trinajstić information content (AvgIpc) is 2.74. The summed E-state index contributed by atoms with van der Waals surface area (Å²) in [6.45, 7) is 2.00. The maximum absolute atomic E-state index is 13.3. The Morgan fingerprint density at radius 3 is 2.23 bits per heavy atom. The molecular weight excluding hydrogens is 381 g/mol. The van der Waals surface area contributed by atoms with Crippen LogP contribution in [0.3, 0.4) is 0 Å². The number of aromatic hydroxyl groups is 1. The van der Waals surface area contributed by atoms with Crippen LogP contribution in [0.1, 0.15) is 41.7 Å². The molecule has 1 aliphatic rings. The molecule has 1 amide bonds. The Labute approximate surface area is 175 Å². The van der Waals surface area contributed by atoms with E-state index < -0.39 is 6.10 Å². The van der Waals surface area contributed by atoms with Crippen LogP contribution in [0.4, 0.5) is 10.1 Å². The first-order chi connectivity index (χ1) is 14.4. The van der Waals surface area contributed by atoms with Crippen molar-refractivity contribution in [2.45, 2.75) is 31.9 Å². The highest BCUT2D eigenvalue weighted by atomic mass is 19.1. The van der Waals surface area contributed by atoms with Gasteiger partial charge in [0.2, 0.25) is 5.91 Å². The van der Waals surface area contributed by atoms with Gasteiger partial charge < -0.3 is 15.1 Å². The highest BCUT2D eigenvalue weighted by Gasteiger charge is 2.48. The Balaban J connectivity index is 1.55. The topological polar surface area (TPSA) is 60.8 Å². The first-order valence-corrected chi connectivity index (χ1v) is 10.1. The number of β-lactam (4-membered cyclic amide) rings is 1. The summed E-state index contributed by atoms with van der Waals surface area (Å²) in [5.41, 5.74) is 3.49. The largest absolute Gasteiger partial charge is 0.508 e. The van der Waals surface area contributed by atoms with Crippen LogP contribution >= 0.6 is 0 Å². The molecule has 3 atom stereocenters. The van der Waals surface area contributed by atoms with Crippen molar-refractivity contribution in [1.29, 1.82) is 0 Å². The third kappa shape index (κ3) is 3.94. The minimum atomic E-state index is -0.640. The lowest BCUT2D eigenvalue weighted by molar-refractivity contribution is -0.131. The second-order valence-electron chi connectivity index (χ2n) is 7.83. The highest BCUT2D eigenvalue weighted by molar-refractivity contribution is 6.03. The van der Waals surface area contributed by atoms with Gasteiger partial charge in [-0.05, 0) is 67.3 Å². The third-order valence-electron chi connectivity index (χ3n) is 5.77. The second kappa shape index (κ2) is 8.28. The second-order valence-corrected chi connectivity index (χ2v) is 7.83. The molecule has 0 aliphatic carbocycles. The van der Waals surface area contributed by atoms with E-state index >= 15 is 0 Å². The van der Waals surface area contributed by atoms with Gasteiger partial charge in [0.1, 0.15) is 11.6 Å². The molecule has 4 rings (SSSR count). The van der Waals surface area contributed by atoms with E-state index in [0.717, 1.165) is 16.7 Å². The van der Waals surface area contributed by atoms with Crippen LogP contribution in [0.5, 0.6) is 5.75 Å². The molecule has 0 bridgehead atoms. The van der Waals surface area contributed by atoms with E-state index in [9.17, 15) is 19.4 Å². The van der Waals surface area contributed by atoms with Gasteiger partial charge in [-0.1, -0.05) is 42.0 Å². The van der Waals surface area contributed by atoms with Crippen LogP contribution in [0.15, 0.2) is 72.8 Å². The molecule has 0 radical (unpaired) electrons. The number of carbonyl (C=O) groups excluding carboxylic acids is 1. The van der Waals surface area contributed by atoms with Crippen LogP contribution in [0.2, 0.25) is 0 Å². The van der Waals surface area contributed by atoms with Gasteiger partial charge >= 0.3 is 0 Å². The Kier molecular flexibility index (Phi) is 5.55. The molecule has 0 spiro atoms. The minimum Gasteiger partial charge on any atom is -0.508 e.